The maximum absolute atomic E-state index is 13.4. The Kier molecular flexibility index (Phi) is 5.80. The van der Waals surface area contributed by atoms with E-state index in [1.54, 1.807) is 12.3 Å². The molecule has 1 aliphatic heterocycles. The summed E-state index contributed by atoms with van der Waals surface area (Å²) in [4.78, 5) is 30.4. The van der Waals surface area contributed by atoms with Gasteiger partial charge in [0.2, 0.25) is 18.2 Å². The Morgan fingerprint density at radius 1 is 1.43 bits per heavy atom. The molecule has 4 rings (SSSR count). The number of nitrogens with zero attached hydrogens (tertiary/aromatic N) is 5. The molecular weight excluding hydrogens is 386 g/mol. The van der Waals surface area contributed by atoms with E-state index < -0.39 is 5.92 Å². The molecule has 1 aliphatic carbocycles. The summed E-state index contributed by atoms with van der Waals surface area (Å²) in [5.41, 5.74) is 0.717. The van der Waals surface area contributed by atoms with Gasteiger partial charge in [-0.1, -0.05) is 25.8 Å². The fourth-order valence-electron chi connectivity index (χ4n) is 4.26. The van der Waals surface area contributed by atoms with Gasteiger partial charge in [0.05, 0.1) is 12.5 Å². The number of carbonyl (C=O) groups is 2. The van der Waals surface area contributed by atoms with Crippen molar-refractivity contribution >= 4 is 12.3 Å². The number of hydrogen-bond acceptors (Lipinski definition) is 7. The van der Waals surface area contributed by atoms with Crippen molar-refractivity contribution < 1.29 is 19.2 Å². The number of aromatic nitrogens is 3. The zero-order chi connectivity index (χ0) is 21.1. The van der Waals surface area contributed by atoms with Crippen LogP contribution in [0.15, 0.2) is 28.8 Å². The maximum Gasteiger partial charge on any atom is 0.266 e. The highest BCUT2D eigenvalue weighted by Gasteiger charge is 2.55. The van der Waals surface area contributed by atoms with E-state index >= 15 is 0 Å². The molecule has 2 amide bonds. The Hall–Kier alpha value is -2.81. The van der Waals surface area contributed by atoms with Gasteiger partial charge < -0.3 is 9.32 Å². The highest BCUT2D eigenvalue weighted by molar-refractivity contribution is 5.80. The average molecular weight is 413 g/mol. The summed E-state index contributed by atoms with van der Waals surface area (Å²) in [6.45, 7) is 2.68. The molecule has 160 valence electrons. The molecule has 2 aromatic heterocycles. The van der Waals surface area contributed by atoms with E-state index in [4.69, 9.17) is 4.42 Å². The van der Waals surface area contributed by atoms with Gasteiger partial charge in [0.15, 0.2) is 0 Å². The van der Waals surface area contributed by atoms with Crippen molar-refractivity contribution in [2.75, 3.05) is 13.1 Å². The van der Waals surface area contributed by atoms with Crippen LogP contribution in [0.25, 0.3) is 11.6 Å². The molecule has 2 aromatic rings. The molecule has 1 spiro atoms. The maximum atomic E-state index is 13.4. The van der Waals surface area contributed by atoms with Gasteiger partial charge in [0, 0.05) is 12.7 Å². The van der Waals surface area contributed by atoms with Crippen LogP contribution in [-0.2, 0) is 9.59 Å². The van der Waals surface area contributed by atoms with Crippen molar-refractivity contribution in [2.45, 2.75) is 51.5 Å². The monoisotopic (exact) mass is 413 g/mol. The smallest absolute Gasteiger partial charge is 0.266 e. The molecule has 2 aliphatic rings. The zero-order valence-corrected chi connectivity index (χ0v) is 17.1. The number of hydroxylamine groups is 2. The zero-order valence-electron chi connectivity index (χ0n) is 17.1. The predicted octanol–water partition coefficient (Wildman–Crippen LogP) is 2.84. The second-order valence-electron chi connectivity index (χ2n) is 8.41. The number of pyridine rings is 1. The van der Waals surface area contributed by atoms with Crippen molar-refractivity contribution in [3.8, 4) is 11.6 Å². The molecule has 9 nitrogen and oxygen atoms in total. The first-order valence-corrected chi connectivity index (χ1v) is 10.5. The molecule has 0 bridgehead atoms. The molecule has 3 heterocycles. The van der Waals surface area contributed by atoms with Gasteiger partial charge in [0.1, 0.15) is 11.7 Å². The first-order chi connectivity index (χ1) is 14.5. The van der Waals surface area contributed by atoms with Crippen molar-refractivity contribution in [1.29, 1.82) is 0 Å². The molecule has 2 fully saturated rings. The van der Waals surface area contributed by atoms with E-state index in [1.165, 1.54) is 0 Å². The van der Waals surface area contributed by atoms with Crippen molar-refractivity contribution in [2.24, 2.45) is 11.3 Å². The van der Waals surface area contributed by atoms with E-state index in [1.807, 2.05) is 24.0 Å². The minimum absolute atomic E-state index is 0.0123. The van der Waals surface area contributed by atoms with Gasteiger partial charge >= 0.3 is 0 Å². The van der Waals surface area contributed by atoms with E-state index in [0.29, 0.717) is 41.9 Å². The Labute approximate surface area is 175 Å². The summed E-state index contributed by atoms with van der Waals surface area (Å²) in [7, 11) is 0. The van der Waals surface area contributed by atoms with E-state index in [9.17, 15) is 14.8 Å². The third-order valence-electron chi connectivity index (χ3n) is 6.14. The number of likely N-dealkylation sites (tertiary alicyclic amines) is 1. The van der Waals surface area contributed by atoms with Gasteiger partial charge in [-0.15, -0.1) is 10.2 Å². The van der Waals surface area contributed by atoms with Crippen LogP contribution in [0.5, 0.6) is 0 Å². The van der Waals surface area contributed by atoms with Crippen molar-refractivity contribution in [1.82, 2.24) is 25.1 Å². The lowest BCUT2D eigenvalue weighted by atomic mass is 9.99. The Bertz CT molecular complexity index is 883. The van der Waals surface area contributed by atoms with Gasteiger partial charge in [-0.25, -0.2) is 5.06 Å². The number of hydrogen-bond donors (Lipinski definition) is 1. The van der Waals surface area contributed by atoms with Crippen LogP contribution >= 0.6 is 0 Å². The molecule has 1 saturated heterocycles. The number of unbranched alkanes of at least 4 members (excludes halogenated alkanes) is 1. The lowest BCUT2D eigenvalue weighted by molar-refractivity contribution is -0.157. The van der Waals surface area contributed by atoms with Gasteiger partial charge in [-0.2, -0.15) is 0 Å². The number of carbonyl (C=O) groups excluding carboxylic acids is 2. The van der Waals surface area contributed by atoms with Crippen molar-refractivity contribution in [3.05, 3.63) is 30.3 Å². The van der Waals surface area contributed by atoms with Crippen LogP contribution in [-0.4, -0.2) is 55.8 Å². The third-order valence-corrected chi connectivity index (χ3v) is 6.14. The highest BCUT2D eigenvalue weighted by atomic mass is 16.5. The normalized spacial score (nSPS) is 20.3. The molecule has 0 aromatic carbocycles. The first-order valence-electron chi connectivity index (χ1n) is 10.5. The number of rotatable bonds is 9. The van der Waals surface area contributed by atoms with Crippen LogP contribution in [0, 0.1) is 11.3 Å². The summed E-state index contributed by atoms with van der Waals surface area (Å²) in [5.74, 6) is 0.212. The Balaban J connectivity index is 1.57. The van der Waals surface area contributed by atoms with E-state index in [-0.39, 0.29) is 23.9 Å². The fraction of sp³-hybridized carbons (Fsp3) is 0.571. The summed E-state index contributed by atoms with van der Waals surface area (Å²) >= 11 is 0. The standard InChI is InChI=1S/C21H27N5O4/c1-2-3-6-15(12-25(29)14-27)20(28)26-13-21(8-9-21)11-17(26)19-24-23-18(30-19)16-7-4-5-10-22-16/h4-5,7,10,14-15,17,29H,2-3,6,8-9,11-13H2,1H3/t15?,17-/m0/s1. The molecule has 2 atom stereocenters. The lowest BCUT2D eigenvalue weighted by Crippen LogP contribution is -2.41. The van der Waals surface area contributed by atoms with Crippen LogP contribution in [0.4, 0.5) is 0 Å². The molecule has 30 heavy (non-hydrogen) atoms. The largest absolute Gasteiger partial charge is 0.417 e. The van der Waals surface area contributed by atoms with E-state index in [2.05, 4.69) is 15.2 Å². The van der Waals surface area contributed by atoms with Gasteiger partial charge in [-0.05, 0) is 43.2 Å². The third kappa shape index (κ3) is 4.21. The highest BCUT2D eigenvalue weighted by Crippen LogP contribution is 2.58. The second-order valence-corrected chi connectivity index (χ2v) is 8.41. The second kappa shape index (κ2) is 8.51. The molecule has 1 N–H and O–H groups in total. The Morgan fingerprint density at radius 3 is 2.93 bits per heavy atom. The number of amides is 2. The van der Waals surface area contributed by atoms with E-state index in [0.717, 1.165) is 32.1 Å². The van der Waals surface area contributed by atoms with Crippen LogP contribution in [0.1, 0.15) is 57.4 Å². The molecule has 1 saturated carbocycles. The minimum atomic E-state index is -0.463. The molecule has 9 heteroatoms. The molecular formula is C21H27N5O4. The summed E-state index contributed by atoms with van der Waals surface area (Å²) < 4.78 is 5.92. The van der Waals surface area contributed by atoms with Crippen LogP contribution in [0.3, 0.4) is 0 Å². The van der Waals surface area contributed by atoms with Crippen molar-refractivity contribution in [3.63, 3.8) is 0 Å². The van der Waals surface area contributed by atoms with Crippen LogP contribution in [0.2, 0.25) is 0 Å². The fourth-order valence-corrected chi connectivity index (χ4v) is 4.26. The van der Waals surface area contributed by atoms with Gasteiger partial charge in [-0.3, -0.25) is 19.8 Å². The Morgan fingerprint density at radius 2 is 2.27 bits per heavy atom. The summed E-state index contributed by atoms with van der Waals surface area (Å²) in [5, 5.41) is 18.6. The molecule has 1 unspecified atom stereocenters. The quantitative estimate of drug-likeness (QED) is 0.382. The minimum Gasteiger partial charge on any atom is -0.417 e. The lowest BCUT2D eigenvalue weighted by Gasteiger charge is -2.28. The predicted molar refractivity (Wildman–Crippen MR) is 106 cm³/mol. The summed E-state index contributed by atoms with van der Waals surface area (Å²) in [6.07, 6.45) is 7.34. The SMILES string of the molecule is CCCCC(CN(O)C=O)C(=O)N1CC2(CC2)C[C@H]1c1nnc(-c2ccccn2)o1. The van der Waals surface area contributed by atoms with Crippen LogP contribution < -0.4 is 0 Å². The summed E-state index contributed by atoms with van der Waals surface area (Å²) in [6, 6.07) is 5.17. The first kappa shape index (κ1) is 20.5. The topological polar surface area (TPSA) is 113 Å². The average Bonchev–Trinajstić information content (AvgIpc) is 3.18. The van der Waals surface area contributed by atoms with Gasteiger partial charge in [0.25, 0.3) is 5.89 Å². The molecule has 0 radical (unpaired) electrons.